The minimum atomic E-state index is -0.284. The highest BCUT2D eigenvalue weighted by molar-refractivity contribution is 5.75. The number of phenols is 1. The molecule has 0 fully saturated rings. The van der Waals surface area contributed by atoms with E-state index in [0.29, 0.717) is 12.4 Å². The molecule has 0 heterocycles. The molecule has 0 aliphatic rings. The van der Waals surface area contributed by atoms with E-state index in [1.807, 2.05) is 45.9 Å². The Bertz CT molecular complexity index is 761. The molecule has 2 N–H and O–H groups in total. The van der Waals surface area contributed by atoms with Crippen LogP contribution in [0.3, 0.4) is 0 Å². The summed E-state index contributed by atoms with van der Waals surface area (Å²) >= 11 is 0. The van der Waals surface area contributed by atoms with E-state index in [1.165, 1.54) is 0 Å². The highest BCUT2D eigenvalue weighted by atomic mass is 16.5. The number of aromatic hydroxyl groups is 1. The van der Waals surface area contributed by atoms with Gasteiger partial charge in [-0.3, -0.25) is 4.79 Å². The number of nitrogens with one attached hydrogen (secondary N) is 1. The Morgan fingerprint density at radius 3 is 2.38 bits per heavy atom. The standard InChI is InChI=1S/C21H27NO4/c1-6-25-20(24)12-22-16-9-14(4)21(15(5)10-16)26-17-7-8-19(23)18(11-17)13(2)3/h7-11,13,22-23H,6,12H2,1-5H3. The van der Waals surface area contributed by atoms with Crippen LogP contribution in [-0.2, 0) is 9.53 Å². The predicted molar refractivity (Wildman–Crippen MR) is 103 cm³/mol. The van der Waals surface area contributed by atoms with E-state index < -0.39 is 0 Å². The van der Waals surface area contributed by atoms with E-state index in [-0.39, 0.29) is 24.2 Å². The van der Waals surface area contributed by atoms with Gasteiger partial charge in [0.2, 0.25) is 0 Å². The lowest BCUT2D eigenvalue weighted by Gasteiger charge is -2.16. The van der Waals surface area contributed by atoms with Crippen LogP contribution in [0, 0.1) is 13.8 Å². The van der Waals surface area contributed by atoms with Gasteiger partial charge in [0.1, 0.15) is 23.8 Å². The largest absolute Gasteiger partial charge is 0.508 e. The van der Waals surface area contributed by atoms with Gasteiger partial charge in [-0.05, 0) is 68.1 Å². The van der Waals surface area contributed by atoms with Crippen molar-refractivity contribution in [3.8, 4) is 17.2 Å². The van der Waals surface area contributed by atoms with Gasteiger partial charge in [-0.25, -0.2) is 0 Å². The van der Waals surface area contributed by atoms with E-state index in [2.05, 4.69) is 5.32 Å². The van der Waals surface area contributed by atoms with Crippen molar-refractivity contribution in [1.29, 1.82) is 0 Å². The summed E-state index contributed by atoms with van der Waals surface area (Å²) in [6.45, 7) is 10.3. The summed E-state index contributed by atoms with van der Waals surface area (Å²) in [5.41, 5.74) is 3.60. The van der Waals surface area contributed by atoms with Crippen molar-refractivity contribution < 1.29 is 19.4 Å². The molecule has 0 aliphatic heterocycles. The van der Waals surface area contributed by atoms with E-state index >= 15 is 0 Å². The van der Waals surface area contributed by atoms with Gasteiger partial charge in [0.05, 0.1) is 6.61 Å². The van der Waals surface area contributed by atoms with Gasteiger partial charge in [0, 0.05) is 11.3 Å². The fourth-order valence-electron chi connectivity index (χ4n) is 2.78. The minimum absolute atomic E-state index is 0.128. The second kappa shape index (κ2) is 8.61. The van der Waals surface area contributed by atoms with Gasteiger partial charge in [0.15, 0.2) is 0 Å². The number of esters is 1. The number of hydrogen-bond donors (Lipinski definition) is 2. The summed E-state index contributed by atoms with van der Waals surface area (Å²) < 4.78 is 11.0. The zero-order valence-corrected chi connectivity index (χ0v) is 16.1. The second-order valence-corrected chi connectivity index (χ2v) is 6.58. The molecule has 0 saturated heterocycles. The number of carbonyl (C=O) groups excluding carboxylic acids is 1. The molecule has 0 spiro atoms. The van der Waals surface area contributed by atoms with E-state index in [0.717, 1.165) is 28.1 Å². The topological polar surface area (TPSA) is 67.8 Å². The van der Waals surface area contributed by atoms with Crippen molar-refractivity contribution in [1.82, 2.24) is 0 Å². The lowest BCUT2D eigenvalue weighted by molar-refractivity contribution is -0.140. The quantitative estimate of drug-likeness (QED) is 0.690. The molecule has 2 aromatic rings. The zero-order valence-electron chi connectivity index (χ0n) is 16.1. The average Bonchev–Trinajstić information content (AvgIpc) is 2.57. The normalized spacial score (nSPS) is 10.7. The molecule has 0 saturated carbocycles. The van der Waals surface area contributed by atoms with Crippen molar-refractivity contribution in [3.05, 3.63) is 47.0 Å². The maximum Gasteiger partial charge on any atom is 0.325 e. The number of phenolic OH excluding ortho intramolecular Hbond substituents is 1. The molecule has 0 unspecified atom stereocenters. The summed E-state index contributed by atoms with van der Waals surface area (Å²) in [6, 6.07) is 9.15. The second-order valence-electron chi connectivity index (χ2n) is 6.58. The molecule has 0 aromatic heterocycles. The first-order chi connectivity index (χ1) is 12.3. The van der Waals surface area contributed by atoms with Crippen LogP contribution in [-0.4, -0.2) is 24.2 Å². The van der Waals surface area contributed by atoms with Gasteiger partial charge >= 0.3 is 5.97 Å². The average molecular weight is 357 g/mol. The van der Waals surface area contributed by atoms with Gasteiger partial charge in [-0.2, -0.15) is 0 Å². The molecule has 5 heteroatoms. The first-order valence-corrected chi connectivity index (χ1v) is 8.83. The molecular formula is C21H27NO4. The van der Waals surface area contributed by atoms with E-state index in [9.17, 15) is 9.90 Å². The number of anilines is 1. The Hall–Kier alpha value is -2.69. The smallest absolute Gasteiger partial charge is 0.325 e. The number of benzene rings is 2. The summed E-state index contributed by atoms with van der Waals surface area (Å²) in [5.74, 6) is 1.65. The third-order valence-electron chi connectivity index (χ3n) is 4.04. The van der Waals surface area contributed by atoms with Gasteiger partial charge in [-0.1, -0.05) is 13.8 Å². The van der Waals surface area contributed by atoms with Crippen LogP contribution in [0.2, 0.25) is 0 Å². The lowest BCUT2D eigenvalue weighted by atomic mass is 10.0. The summed E-state index contributed by atoms with van der Waals surface area (Å²) in [6.07, 6.45) is 0. The first kappa shape index (κ1) is 19.6. The van der Waals surface area contributed by atoms with Crippen LogP contribution in [0.5, 0.6) is 17.2 Å². The SMILES string of the molecule is CCOC(=O)CNc1cc(C)c(Oc2ccc(O)c(C(C)C)c2)c(C)c1. The molecule has 0 bridgehead atoms. The van der Waals surface area contributed by atoms with Crippen LogP contribution in [0.15, 0.2) is 30.3 Å². The highest BCUT2D eigenvalue weighted by Gasteiger charge is 2.12. The monoisotopic (exact) mass is 357 g/mol. The van der Waals surface area contributed by atoms with Gasteiger partial charge < -0.3 is 19.9 Å². The van der Waals surface area contributed by atoms with Crippen LogP contribution < -0.4 is 10.1 Å². The lowest BCUT2D eigenvalue weighted by Crippen LogP contribution is -2.16. The summed E-state index contributed by atoms with van der Waals surface area (Å²) in [5, 5.41) is 13.0. The van der Waals surface area contributed by atoms with Crippen molar-refractivity contribution in [2.24, 2.45) is 0 Å². The van der Waals surface area contributed by atoms with E-state index in [1.54, 1.807) is 19.1 Å². The Morgan fingerprint density at radius 2 is 1.81 bits per heavy atom. The highest BCUT2D eigenvalue weighted by Crippen LogP contribution is 2.35. The Labute approximate surface area is 155 Å². The summed E-state index contributed by atoms with van der Waals surface area (Å²) in [7, 11) is 0. The Kier molecular flexibility index (Phi) is 6.50. The third kappa shape index (κ3) is 4.91. The molecule has 0 atom stereocenters. The van der Waals surface area contributed by atoms with Crippen molar-refractivity contribution >= 4 is 11.7 Å². The predicted octanol–water partition coefficient (Wildman–Crippen LogP) is 4.90. The molecule has 2 rings (SSSR count). The molecule has 5 nitrogen and oxygen atoms in total. The van der Waals surface area contributed by atoms with Crippen LogP contribution in [0.25, 0.3) is 0 Å². The van der Waals surface area contributed by atoms with E-state index in [4.69, 9.17) is 9.47 Å². The summed E-state index contributed by atoms with van der Waals surface area (Å²) in [4.78, 5) is 11.5. The molecule has 0 amide bonds. The fraction of sp³-hybridized carbons (Fsp3) is 0.381. The maximum absolute atomic E-state index is 11.5. The minimum Gasteiger partial charge on any atom is -0.508 e. The number of ether oxygens (including phenoxy) is 2. The Morgan fingerprint density at radius 1 is 1.15 bits per heavy atom. The van der Waals surface area contributed by atoms with Gasteiger partial charge in [-0.15, -0.1) is 0 Å². The molecule has 140 valence electrons. The first-order valence-electron chi connectivity index (χ1n) is 8.83. The maximum atomic E-state index is 11.5. The number of hydrogen-bond acceptors (Lipinski definition) is 5. The van der Waals surface area contributed by atoms with Crippen molar-refractivity contribution in [2.45, 2.75) is 40.5 Å². The third-order valence-corrected chi connectivity index (χ3v) is 4.04. The fourth-order valence-corrected chi connectivity index (χ4v) is 2.78. The van der Waals surface area contributed by atoms with Gasteiger partial charge in [0.25, 0.3) is 0 Å². The number of aryl methyl sites for hydroxylation is 2. The van der Waals surface area contributed by atoms with Crippen LogP contribution >= 0.6 is 0 Å². The number of carbonyl (C=O) groups is 1. The number of rotatable bonds is 7. The molecular weight excluding hydrogens is 330 g/mol. The van der Waals surface area contributed by atoms with Crippen molar-refractivity contribution in [2.75, 3.05) is 18.5 Å². The molecule has 0 aliphatic carbocycles. The van der Waals surface area contributed by atoms with Crippen molar-refractivity contribution in [3.63, 3.8) is 0 Å². The molecule has 26 heavy (non-hydrogen) atoms. The zero-order chi connectivity index (χ0) is 19.3. The molecule has 0 radical (unpaired) electrons. The Balaban J connectivity index is 2.18. The van der Waals surface area contributed by atoms with Crippen LogP contribution in [0.1, 0.15) is 43.4 Å². The van der Waals surface area contributed by atoms with Crippen LogP contribution in [0.4, 0.5) is 5.69 Å². The molecule has 2 aromatic carbocycles.